The number of nitriles is 1. The Balaban J connectivity index is 1.50. The lowest BCUT2D eigenvalue weighted by atomic mass is 9.78. The van der Waals surface area contributed by atoms with Crippen molar-refractivity contribution in [3.63, 3.8) is 0 Å². The van der Waals surface area contributed by atoms with Crippen molar-refractivity contribution >= 4 is 17.9 Å². The first-order chi connectivity index (χ1) is 15.1. The van der Waals surface area contributed by atoms with E-state index in [0.29, 0.717) is 58.7 Å². The Kier molecular flexibility index (Phi) is 7.65. The zero-order valence-electron chi connectivity index (χ0n) is 19.8. The molecule has 3 rings (SSSR count). The van der Waals surface area contributed by atoms with E-state index in [0.717, 1.165) is 25.9 Å². The number of ether oxygens (including phenoxy) is 1. The average molecular weight is 448 g/mol. The maximum Gasteiger partial charge on any atom is 0.410 e. The molecule has 0 aromatic rings. The highest BCUT2D eigenvalue weighted by atomic mass is 16.6. The van der Waals surface area contributed by atoms with Gasteiger partial charge in [-0.3, -0.25) is 14.5 Å². The van der Waals surface area contributed by atoms with E-state index in [-0.39, 0.29) is 11.8 Å². The summed E-state index contributed by atoms with van der Waals surface area (Å²) in [4.78, 5) is 45.6. The molecule has 0 aromatic heterocycles. The van der Waals surface area contributed by atoms with E-state index in [4.69, 9.17) is 4.74 Å². The zero-order valence-corrected chi connectivity index (χ0v) is 19.8. The van der Waals surface area contributed by atoms with Gasteiger partial charge in [-0.1, -0.05) is 6.42 Å². The van der Waals surface area contributed by atoms with Gasteiger partial charge in [-0.2, -0.15) is 5.26 Å². The van der Waals surface area contributed by atoms with Crippen molar-refractivity contribution in [3.8, 4) is 6.07 Å². The van der Waals surface area contributed by atoms with Gasteiger partial charge in [0.2, 0.25) is 11.8 Å². The topological polar surface area (TPSA) is 97.2 Å². The van der Waals surface area contributed by atoms with Gasteiger partial charge < -0.3 is 19.4 Å². The minimum Gasteiger partial charge on any atom is -0.444 e. The molecule has 32 heavy (non-hydrogen) atoms. The van der Waals surface area contributed by atoms with Crippen LogP contribution in [0.3, 0.4) is 0 Å². The molecule has 0 bridgehead atoms. The normalized spacial score (nSPS) is 22.2. The third-order valence-corrected chi connectivity index (χ3v) is 6.62. The number of carbonyl (C=O) groups excluding carboxylic acids is 3. The molecule has 3 aliphatic heterocycles. The number of piperidine rings is 2. The summed E-state index contributed by atoms with van der Waals surface area (Å²) in [6, 6.07) is 2.25. The van der Waals surface area contributed by atoms with E-state index in [2.05, 4.69) is 11.0 Å². The summed E-state index contributed by atoms with van der Waals surface area (Å²) in [7, 11) is 0. The van der Waals surface area contributed by atoms with Gasteiger partial charge in [0.25, 0.3) is 0 Å². The molecule has 9 heteroatoms. The van der Waals surface area contributed by atoms with Gasteiger partial charge in [-0.05, 0) is 59.5 Å². The lowest BCUT2D eigenvalue weighted by Crippen LogP contribution is -2.57. The maximum atomic E-state index is 13.3. The van der Waals surface area contributed by atoms with Crippen molar-refractivity contribution in [1.82, 2.24) is 19.6 Å². The summed E-state index contributed by atoms with van der Waals surface area (Å²) >= 11 is 0. The van der Waals surface area contributed by atoms with Gasteiger partial charge in [-0.15, -0.1) is 0 Å². The first-order valence-electron chi connectivity index (χ1n) is 11.8. The molecule has 0 spiro atoms. The lowest BCUT2D eigenvalue weighted by molar-refractivity contribution is -0.146. The van der Waals surface area contributed by atoms with E-state index >= 15 is 0 Å². The molecule has 0 saturated carbocycles. The van der Waals surface area contributed by atoms with Crippen LogP contribution in [-0.4, -0.2) is 102 Å². The van der Waals surface area contributed by atoms with E-state index in [9.17, 15) is 19.6 Å². The van der Waals surface area contributed by atoms with Crippen LogP contribution < -0.4 is 0 Å². The molecule has 0 aliphatic carbocycles. The van der Waals surface area contributed by atoms with Crippen molar-refractivity contribution in [2.75, 3.05) is 58.9 Å². The van der Waals surface area contributed by atoms with Gasteiger partial charge in [-0.25, -0.2) is 4.79 Å². The number of rotatable bonds is 3. The summed E-state index contributed by atoms with van der Waals surface area (Å²) in [5, 5.41) is 9.87. The predicted octanol–water partition coefficient (Wildman–Crippen LogP) is 1.68. The Morgan fingerprint density at radius 2 is 1.41 bits per heavy atom. The van der Waals surface area contributed by atoms with Crippen LogP contribution in [0.2, 0.25) is 0 Å². The fourth-order valence-electron chi connectivity index (χ4n) is 4.64. The van der Waals surface area contributed by atoms with Crippen molar-refractivity contribution < 1.29 is 19.1 Å². The molecule has 0 N–H and O–H groups in total. The van der Waals surface area contributed by atoms with Crippen LogP contribution in [0.25, 0.3) is 0 Å². The van der Waals surface area contributed by atoms with Crippen LogP contribution in [0.1, 0.15) is 52.9 Å². The highest BCUT2D eigenvalue weighted by Crippen LogP contribution is 2.34. The Hall–Kier alpha value is -2.34. The number of carbonyl (C=O) groups is 3. The molecular formula is C23H37N5O4. The second-order valence-electron chi connectivity index (χ2n) is 10.2. The molecule has 3 saturated heterocycles. The molecule has 3 fully saturated rings. The summed E-state index contributed by atoms with van der Waals surface area (Å²) in [5.74, 6) is -0.0494. The molecule has 3 amide bonds. The lowest BCUT2D eigenvalue weighted by Gasteiger charge is -2.42. The highest BCUT2D eigenvalue weighted by molar-refractivity contribution is 5.86. The summed E-state index contributed by atoms with van der Waals surface area (Å²) < 4.78 is 5.41. The van der Waals surface area contributed by atoms with Gasteiger partial charge in [0.1, 0.15) is 11.0 Å². The quantitative estimate of drug-likeness (QED) is 0.653. The molecule has 0 unspecified atom stereocenters. The SMILES string of the molecule is CC(C)(C)OC(=O)N1CCC(C#N)(C(=O)N2CCN(C(=O)CN3CCCCC3)CC2)CC1. The zero-order chi connectivity index (χ0) is 23.4. The minimum atomic E-state index is -1.11. The van der Waals surface area contributed by atoms with Crippen LogP contribution >= 0.6 is 0 Å². The first kappa shape index (κ1) is 24.3. The Morgan fingerprint density at radius 3 is 1.94 bits per heavy atom. The minimum absolute atomic E-state index is 0.125. The van der Waals surface area contributed by atoms with Gasteiger partial charge in [0, 0.05) is 39.3 Å². The van der Waals surface area contributed by atoms with Crippen LogP contribution in [0, 0.1) is 16.7 Å². The smallest absolute Gasteiger partial charge is 0.410 e. The number of nitrogens with zero attached hydrogens (tertiary/aromatic N) is 5. The van der Waals surface area contributed by atoms with Crippen molar-refractivity contribution in [3.05, 3.63) is 0 Å². The molecule has 0 aromatic carbocycles. The fourth-order valence-corrected chi connectivity index (χ4v) is 4.64. The standard InChI is InChI=1S/C23H37N5O4/c1-22(2,3)32-21(31)28-11-7-23(18-24,8-12-28)20(30)27-15-13-26(14-16-27)19(29)17-25-9-5-4-6-10-25/h4-17H2,1-3H3. The van der Waals surface area contributed by atoms with E-state index in [1.54, 1.807) is 9.80 Å². The Morgan fingerprint density at radius 1 is 0.844 bits per heavy atom. The number of piperazine rings is 1. The van der Waals surface area contributed by atoms with Crippen LogP contribution in [-0.2, 0) is 14.3 Å². The molecule has 0 radical (unpaired) electrons. The van der Waals surface area contributed by atoms with E-state index < -0.39 is 17.1 Å². The summed E-state index contributed by atoms with van der Waals surface area (Å²) in [5.41, 5.74) is -1.69. The highest BCUT2D eigenvalue weighted by Gasteiger charge is 2.46. The summed E-state index contributed by atoms with van der Waals surface area (Å²) in [6.07, 6.45) is 3.73. The maximum absolute atomic E-state index is 13.3. The largest absolute Gasteiger partial charge is 0.444 e. The number of hydrogen-bond donors (Lipinski definition) is 0. The van der Waals surface area contributed by atoms with Gasteiger partial charge in [0.15, 0.2) is 0 Å². The summed E-state index contributed by atoms with van der Waals surface area (Å²) in [6.45, 7) is 10.4. The molecule has 3 aliphatic rings. The third-order valence-electron chi connectivity index (χ3n) is 6.62. The van der Waals surface area contributed by atoms with E-state index in [1.807, 2.05) is 25.7 Å². The van der Waals surface area contributed by atoms with Gasteiger partial charge in [0.05, 0.1) is 12.6 Å². The molecule has 0 atom stereocenters. The van der Waals surface area contributed by atoms with Crippen LogP contribution in [0.4, 0.5) is 4.79 Å². The average Bonchev–Trinajstić information content (AvgIpc) is 2.78. The molecule has 9 nitrogen and oxygen atoms in total. The Labute approximate surface area is 191 Å². The second-order valence-corrected chi connectivity index (χ2v) is 10.2. The third kappa shape index (κ3) is 5.91. The van der Waals surface area contributed by atoms with Crippen molar-refractivity contribution in [2.45, 2.75) is 58.5 Å². The monoisotopic (exact) mass is 447 g/mol. The molecule has 178 valence electrons. The fraction of sp³-hybridized carbons (Fsp3) is 0.826. The Bertz CT molecular complexity index is 734. The number of hydrogen-bond acceptors (Lipinski definition) is 6. The van der Waals surface area contributed by atoms with E-state index in [1.165, 1.54) is 6.42 Å². The molecular weight excluding hydrogens is 410 g/mol. The van der Waals surface area contributed by atoms with Crippen molar-refractivity contribution in [1.29, 1.82) is 5.26 Å². The molecule has 3 heterocycles. The second kappa shape index (κ2) is 10.1. The van der Waals surface area contributed by atoms with Crippen LogP contribution in [0.15, 0.2) is 0 Å². The van der Waals surface area contributed by atoms with Crippen molar-refractivity contribution in [2.24, 2.45) is 5.41 Å². The van der Waals surface area contributed by atoms with Gasteiger partial charge >= 0.3 is 6.09 Å². The first-order valence-corrected chi connectivity index (χ1v) is 11.8. The predicted molar refractivity (Wildman–Crippen MR) is 119 cm³/mol. The number of amides is 3. The number of likely N-dealkylation sites (tertiary alicyclic amines) is 2. The van der Waals surface area contributed by atoms with Crippen LogP contribution in [0.5, 0.6) is 0 Å².